The Bertz CT molecular complexity index is 7.61. The van der Waals surface area contributed by atoms with Gasteiger partial charge < -0.3 is 10.2 Å². The number of aliphatic hydroxyl groups excluding tert-OH is 2. The molecule has 0 amide bonds. The zero-order valence-corrected chi connectivity index (χ0v) is 4.39. The second-order valence-corrected chi connectivity index (χ2v) is 0. The lowest BCUT2D eigenvalue weighted by molar-refractivity contribution is 0.399. The van der Waals surface area contributed by atoms with E-state index in [0.29, 0.717) is 0 Å². The lowest BCUT2D eigenvalue weighted by Crippen LogP contribution is -1.25. The second kappa shape index (κ2) is 626. The van der Waals surface area contributed by atoms with Crippen molar-refractivity contribution in [2.45, 2.75) is 0 Å². The Balaban J connectivity index is -0.0000000133. The van der Waals surface area contributed by atoms with Gasteiger partial charge in [0.1, 0.15) is 0 Å². The molecule has 0 aromatic rings. The van der Waals surface area contributed by atoms with Gasteiger partial charge in [-0.25, -0.2) is 0 Å². The molecule has 3 heteroatoms. The quantitative estimate of drug-likeness (QED) is 0.422. The van der Waals surface area contributed by atoms with Gasteiger partial charge in [0.25, 0.3) is 0 Å². The van der Waals surface area contributed by atoms with Gasteiger partial charge in [0, 0.05) is 14.2 Å². The van der Waals surface area contributed by atoms with Gasteiger partial charge in [0.15, 0.2) is 0 Å². The van der Waals surface area contributed by atoms with Crippen LogP contribution in [0.3, 0.4) is 0 Å². The van der Waals surface area contributed by atoms with Crippen LogP contribution in [0.1, 0.15) is 0 Å². The topological polar surface area (TPSA) is 40.5 Å². The van der Waals surface area contributed by atoms with Crippen molar-refractivity contribution in [1.82, 2.24) is 0 Å². The number of hydrogen-bond acceptors (Lipinski definition) is 2. The Morgan fingerprint density at radius 2 is 0.800 bits per heavy atom. The molecule has 2 nitrogen and oxygen atoms in total. The van der Waals surface area contributed by atoms with Gasteiger partial charge >= 0.3 is 0 Å². The first-order chi connectivity index (χ1) is 2.00. The molecule has 0 saturated heterocycles. The van der Waals surface area contributed by atoms with Crippen LogP contribution in [0.5, 0.6) is 0 Å². The molecule has 0 unspecified atom stereocenters. The van der Waals surface area contributed by atoms with Crippen molar-refractivity contribution in [3.8, 4) is 0 Å². The van der Waals surface area contributed by atoms with Crippen LogP contribution in [-0.2, 0) is 0 Å². The Morgan fingerprint density at radius 3 is 0.800 bits per heavy atom. The van der Waals surface area contributed by atoms with Crippen LogP contribution < -0.4 is 0 Å². The summed E-state index contributed by atoms with van der Waals surface area (Å²) >= 11 is 0. The molecular weight excluding hydrogens is 88.1 g/mol. The van der Waals surface area contributed by atoms with Crippen LogP contribution in [0.15, 0.2) is 0 Å². The van der Waals surface area contributed by atoms with Crippen molar-refractivity contribution in [3.63, 3.8) is 0 Å². The summed E-state index contributed by atoms with van der Waals surface area (Å²) in [5.41, 5.74) is 0. The van der Waals surface area contributed by atoms with Crippen LogP contribution in [0.2, 0.25) is 0 Å². The van der Waals surface area contributed by atoms with Gasteiger partial charge in [0.2, 0.25) is 0 Å². The van der Waals surface area contributed by atoms with Crippen molar-refractivity contribution in [2.75, 3.05) is 14.2 Å². The molecule has 0 saturated carbocycles. The Hall–Kier alpha value is 0.270. The molecule has 0 radical (unpaired) electrons. The van der Waals surface area contributed by atoms with Crippen LogP contribution in [0, 0.1) is 0 Å². The lowest BCUT2D eigenvalue weighted by atomic mass is 11.8. The molecular formula is C2H10O2S. The predicted octanol–water partition coefficient (Wildman–Crippen LogP) is -0.670. The first kappa shape index (κ1) is 18.6. The van der Waals surface area contributed by atoms with Gasteiger partial charge in [-0.15, -0.1) is 0 Å². The van der Waals surface area contributed by atoms with Crippen molar-refractivity contribution in [3.05, 3.63) is 0 Å². The standard InChI is InChI=1S/2CH4O.H2S/c2*1-2;/h2*2H,1H3;1H2. The summed E-state index contributed by atoms with van der Waals surface area (Å²) < 4.78 is 0. The summed E-state index contributed by atoms with van der Waals surface area (Å²) in [5, 5.41) is 14.0. The zero-order valence-electron chi connectivity index (χ0n) is 3.39. The monoisotopic (exact) mass is 98.0 g/mol. The van der Waals surface area contributed by atoms with E-state index in [1.54, 1.807) is 0 Å². The average Bonchev–Trinajstić information content (AvgIpc) is 1.50. The van der Waals surface area contributed by atoms with Crippen molar-refractivity contribution >= 4 is 13.5 Å². The molecule has 0 heterocycles. The summed E-state index contributed by atoms with van der Waals surface area (Å²) in [6, 6.07) is 0. The summed E-state index contributed by atoms with van der Waals surface area (Å²) in [7, 11) is 2.00. The van der Waals surface area contributed by atoms with Crippen LogP contribution >= 0.6 is 13.5 Å². The molecule has 0 aliphatic heterocycles. The normalized spacial score (nSPS) is 2.40. The van der Waals surface area contributed by atoms with E-state index in [1.165, 1.54) is 0 Å². The van der Waals surface area contributed by atoms with Gasteiger partial charge in [-0.1, -0.05) is 0 Å². The highest BCUT2D eigenvalue weighted by Crippen LogP contribution is 0.757. The molecule has 0 aliphatic rings. The highest BCUT2D eigenvalue weighted by molar-refractivity contribution is 7.59. The Morgan fingerprint density at radius 1 is 0.800 bits per heavy atom. The lowest BCUT2D eigenvalue weighted by Gasteiger charge is -1.21. The zero-order chi connectivity index (χ0) is 4.00. The summed E-state index contributed by atoms with van der Waals surface area (Å²) in [6.45, 7) is 0. The van der Waals surface area contributed by atoms with Crippen LogP contribution in [-0.4, -0.2) is 24.4 Å². The molecule has 5 heavy (non-hydrogen) atoms. The first-order valence-electron chi connectivity index (χ1n) is 0.894. The van der Waals surface area contributed by atoms with Gasteiger partial charge in [-0.3, -0.25) is 0 Å². The molecule has 0 atom stereocenters. The molecule has 2 N–H and O–H groups in total. The molecule has 0 rings (SSSR count). The Kier molecular flexibility index (Phi) is 2340. The minimum atomic E-state index is 0. The minimum Gasteiger partial charge on any atom is -0.400 e. The molecule has 0 aromatic carbocycles. The van der Waals surface area contributed by atoms with E-state index in [9.17, 15) is 0 Å². The van der Waals surface area contributed by atoms with E-state index in [2.05, 4.69) is 0 Å². The van der Waals surface area contributed by atoms with Gasteiger partial charge in [0.05, 0.1) is 0 Å². The molecule has 0 bridgehead atoms. The van der Waals surface area contributed by atoms with Crippen LogP contribution in [0.4, 0.5) is 0 Å². The minimum absolute atomic E-state index is 0. The number of aliphatic hydroxyl groups is 2. The van der Waals surface area contributed by atoms with Gasteiger partial charge in [-0.05, 0) is 0 Å². The van der Waals surface area contributed by atoms with Crippen LogP contribution in [0.25, 0.3) is 0 Å². The highest BCUT2D eigenvalue weighted by Gasteiger charge is 0.841. The SMILES string of the molecule is CO.CO.S. The molecule has 0 spiro atoms. The average molecular weight is 98.2 g/mol. The van der Waals surface area contributed by atoms with Crippen molar-refractivity contribution < 1.29 is 10.2 Å². The van der Waals surface area contributed by atoms with Gasteiger partial charge in [-0.2, -0.15) is 13.5 Å². The highest BCUT2D eigenvalue weighted by atomic mass is 32.1. The summed E-state index contributed by atoms with van der Waals surface area (Å²) in [6.07, 6.45) is 0. The van der Waals surface area contributed by atoms with Crippen molar-refractivity contribution in [2.24, 2.45) is 0 Å². The summed E-state index contributed by atoms with van der Waals surface area (Å²) in [4.78, 5) is 0. The third-order valence-electron chi connectivity index (χ3n) is 0. The second-order valence-electron chi connectivity index (χ2n) is 0. The van der Waals surface area contributed by atoms with E-state index in [-0.39, 0.29) is 13.5 Å². The number of rotatable bonds is 0. The first-order valence-corrected chi connectivity index (χ1v) is 0.894. The Labute approximate surface area is 38.9 Å². The van der Waals surface area contributed by atoms with Crippen molar-refractivity contribution in [1.29, 1.82) is 0 Å². The van der Waals surface area contributed by atoms with E-state index < -0.39 is 0 Å². The maximum Gasteiger partial charge on any atom is 0.0319 e. The third-order valence-corrected chi connectivity index (χ3v) is 0. The fourth-order valence-corrected chi connectivity index (χ4v) is 0. The maximum atomic E-state index is 7.00. The fourth-order valence-electron chi connectivity index (χ4n) is 0. The number of hydrogen-bond donors (Lipinski definition) is 2. The molecule has 0 aromatic heterocycles. The third kappa shape index (κ3) is 302. The maximum absolute atomic E-state index is 7.00. The van der Waals surface area contributed by atoms with E-state index in [4.69, 9.17) is 10.2 Å². The van der Waals surface area contributed by atoms with E-state index in [0.717, 1.165) is 14.2 Å². The molecule has 0 aliphatic carbocycles. The smallest absolute Gasteiger partial charge is 0.0319 e. The summed E-state index contributed by atoms with van der Waals surface area (Å²) in [5.74, 6) is 0. The molecule has 0 fully saturated rings. The van der Waals surface area contributed by atoms with E-state index in [1.807, 2.05) is 0 Å². The largest absolute Gasteiger partial charge is 0.400 e. The predicted molar refractivity (Wildman–Crippen MR) is 26.7 cm³/mol. The van der Waals surface area contributed by atoms with E-state index >= 15 is 0 Å². The molecule has 36 valence electrons. The fraction of sp³-hybridized carbons (Fsp3) is 1.00.